The molecule has 0 unspecified atom stereocenters. The van der Waals surface area contributed by atoms with Crippen LogP contribution in [0.4, 0.5) is 5.69 Å². The number of carboxylic acid groups (broad SMARTS) is 1. The highest BCUT2D eigenvalue weighted by molar-refractivity contribution is 6.00. The number of aliphatic carboxylic acids is 1. The number of rotatable bonds is 3. The number of oxazole rings is 1. The molecule has 2 heterocycles. The standard InChI is InChI=1S/C18H14N2O4/c21-16-8-12(18(22)23)10-20(16)13-6-7-14-15(9-13)24-17(19-14)11-4-2-1-3-5-11/h1-7,9,12H,8,10H2,(H,22,23)/t12-/m0/s1. The molecule has 120 valence electrons. The van der Waals surface area contributed by atoms with Crippen LogP contribution < -0.4 is 4.90 Å². The lowest BCUT2D eigenvalue weighted by molar-refractivity contribution is -0.141. The van der Waals surface area contributed by atoms with E-state index in [0.29, 0.717) is 22.7 Å². The van der Waals surface area contributed by atoms with E-state index in [4.69, 9.17) is 9.52 Å². The number of anilines is 1. The Morgan fingerprint density at radius 2 is 2.00 bits per heavy atom. The zero-order valence-corrected chi connectivity index (χ0v) is 12.7. The molecule has 4 rings (SSSR count). The number of hydrogen-bond acceptors (Lipinski definition) is 4. The number of carbonyl (C=O) groups excluding carboxylic acids is 1. The molecule has 6 heteroatoms. The van der Waals surface area contributed by atoms with Gasteiger partial charge in [0, 0.05) is 30.3 Å². The number of aromatic nitrogens is 1. The van der Waals surface area contributed by atoms with Gasteiger partial charge in [0.1, 0.15) is 5.52 Å². The highest BCUT2D eigenvalue weighted by Gasteiger charge is 2.35. The minimum atomic E-state index is -0.946. The largest absolute Gasteiger partial charge is 0.481 e. The summed E-state index contributed by atoms with van der Waals surface area (Å²) in [7, 11) is 0. The second kappa shape index (κ2) is 5.49. The number of benzene rings is 2. The van der Waals surface area contributed by atoms with Crippen LogP contribution in [0.1, 0.15) is 6.42 Å². The number of carboxylic acids is 1. The van der Waals surface area contributed by atoms with Gasteiger partial charge in [-0.3, -0.25) is 9.59 Å². The van der Waals surface area contributed by atoms with Crippen LogP contribution >= 0.6 is 0 Å². The van der Waals surface area contributed by atoms with Gasteiger partial charge in [0.2, 0.25) is 11.8 Å². The smallest absolute Gasteiger partial charge is 0.308 e. The van der Waals surface area contributed by atoms with Crippen molar-refractivity contribution in [3.8, 4) is 11.5 Å². The van der Waals surface area contributed by atoms with Crippen molar-refractivity contribution in [1.29, 1.82) is 0 Å². The van der Waals surface area contributed by atoms with Crippen LogP contribution in [0.3, 0.4) is 0 Å². The molecule has 1 N–H and O–H groups in total. The molecule has 3 aromatic rings. The summed E-state index contributed by atoms with van der Waals surface area (Å²) < 4.78 is 5.80. The lowest BCUT2D eigenvalue weighted by atomic mass is 10.1. The van der Waals surface area contributed by atoms with Gasteiger partial charge < -0.3 is 14.4 Å². The Morgan fingerprint density at radius 1 is 1.21 bits per heavy atom. The van der Waals surface area contributed by atoms with Crippen LogP contribution in [-0.4, -0.2) is 28.5 Å². The number of carbonyl (C=O) groups is 2. The Morgan fingerprint density at radius 3 is 2.71 bits per heavy atom. The number of fused-ring (bicyclic) bond motifs is 1. The molecule has 1 amide bonds. The Labute approximate surface area is 137 Å². The molecule has 6 nitrogen and oxygen atoms in total. The summed E-state index contributed by atoms with van der Waals surface area (Å²) in [6.45, 7) is 0.180. The number of hydrogen-bond donors (Lipinski definition) is 1. The van der Waals surface area contributed by atoms with Crippen LogP contribution in [0.5, 0.6) is 0 Å². The zero-order valence-electron chi connectivity index (χ0n) is 12.7. The van der Waals surface area contributed by atoms with Gasteiger partial charge in [-0.1, -0.05) is 18.2 Å². The number of nitrogens with zero attached hydrogens (tertiary/aromatic N) is 2. The Bertz CT molecular complexity index is 933. The molecule has 1 atom stereocenters. The molecule has 24 heavy (non-hydrogen) atoms. The second-order valence-electron chi connectivity index (χ2n) is 5.78. The maximum absolute atomic E-state index is 12.1. The average Bonchev–Trinajstić information content (AvgIpc) is 3.18. The third-order valence-corrected chi connectivity index (χ3v) is 4.18. The fourth-order valence-corrected chi connectivity index (χ4v) is 2.91. The van der Waals surface area contributed by atoms with Crippen LogP contribution in [0.2, 0.25) is 0 Å². The summed E-state index contributed by atoms with van der Waals surface area (Å²) in [5.74, 6) is -1.29. The van der Waals surface area contributed by atoms with Crippen molar-refractivity contribution < 1.29 is 19.1 Å². The Balaban J connectivity index is 1.69. The fraction of sp³-hybridized carbons (Fsp3) is 0.167. The number of amides is 1. The molecule has 2 aromatic carbocycles. The van der Waals surface area contributed by atoms with Crippen molar-refractivity contribution in [2.24, 2.45) is 5.92 Å². The minimum Gasteiger partial charge on any atom is -0.481 e. The monoisotopic (exact) mass is 322 g/mol. The lowest BCUT2D eigenvalue weighted by Crippen LogP contribution is -2.25. The lowest BCUT2D eigenvalue weighted by Gasteiger charge is -2.15. The van der Waals surface area contributed by atoms with E-state index in [1.54, 1.807) is 18.2 Å². The van der Waals surface area contributed by atoms with Gasteiger partial charge in [-0.15, -0.1) is 0 Å². The van der Waals surface area contributed by atoms with E-state index in [2.05, 4.69) is 4.98 Å². The van der Waals surface area contributed by atoms with Crippen molar-refractivity contribution >= 4 is 28.7 Å². The van der Waals surface area contributed by atoms with Gasteiger partial charge in [-0.2, -0.15) is 0 Å². The van der Waals surface area contributed by atoms with Crippen LogP contribution in [0, 0.1) is 5.92 Å². The molecular weight excluding hydrogens is 308 g/mol. The first-order chi connectivity index (χ1) is 11.6. The maximum Gasteiger partial charge on any atom is 0.308 e. The SMILES string of the molecule is O=C(O)[C@H]1CC(=O)N(c2ccc3nc(-c4ccccc4)oc3c2)C1. The van der Waals surface area contributed by atoms with Crippen molar-refractivity contribution in [1.82, 2.24) is 4.98 Å². The maximum atomic E-state index is 12.1. The highest BCUT2D eigenvalue weighted by Crippen LogP contribution is 2.30. The molecule has 1 fully saturated rings. The summed E-state index contributed by atoms with van der Waals surface area (Å²) >= 11 is 0. The summed E-state index contributed by atoms with van der Waals surface area (Å²) in [4.78, 5) is 29.1. The van der Waals surface area contributed by atoms with Crippen LogP contribution in [0.25, 0.3) is 22.6 Å². The van der Waals surface area contributed by atoms with E-state index in [1.807, 2.05) is 30.3 Å². The van der Waals surface area contributed by atoms with Crippen LogP contribution in [0.15, 0.2) is 52.9 Å². The zero-order chi connectivity index (χ0) is 16.7. The van der Waals surface area contributed by atoms with E-state index in [0.717, 1.165) is 5.56 Å². The molecule has 1 saturated heterocycles. The molecule has 1 aliphatic rings. The summed E-state index contributed by atoms with van der Waals surface area (Å²) in [5.41, 5.74) is 2.77. The predicted molar refractivity (Wildman–Crippen MR) is 87.5 cm³/mol. The van der Waals surface area contributed by atoms with Crippen molar-refractivity contribution in [2.45, 2.75) is 6.42 Å². The van der Waals surface area contributed by atoms with Gasteiger partial charge >= 0.3 is 5.97 Å². The van der Waals surface area contributed by atoms with Gasteiger partial charge in [0.25, 0.3) is 0 Å². The van der Waals surface area contributed by atoms with Crippen LogP contribution in [-0.2, 0) is 9.59 Å². The van der Waals surface area contributed by atoms with Gasteiger partial charge in [-0.25, -0.2) is 4.98 Å². The first kappa shape index (κ1) is 14.4. The van der Waals surface area contributed by atoms with Crippen molar-refractivity contribution in [3.63, 3.8) is 0 Å². The minimum absolute atomic E-state index is 0.0268. The first-order valence-corrected chi connectivity index (χ1v) is 7.61. The van der Waals surface area contributed by atoms with E-state index < -0.39 is 11.9 Å². The molecule has 0 radical (unpaired) electrons. The quantitative estimate of drug-likeness (QED) is 0.801. The molecule has 1 aromatic heterocycles. The summed E-state index contributed by atoms with van der Waals surface area (Å²) in [6.07, 6.45) is 0.0268. The average molecular weight is 322 g/mol. The van der Waals surface area contributed by atoms with Gasteiger partial charge in [0.05, 0.1) is 5.92 Å². The van der Waals surface area contributed by atoms with E-state index in [-0.39, 0.29) is 18.9 Å². The summed E-state index contributed by atoms with van der Waals surface area (Å²) in [5, 5.41) is 9.09. The van der Waals surface area contributed by atoms with E-state index in [1.165, 1.54) is 4.90 Å². The van der Waals surface area contributed by atoms with E-state index in [9.17, 15) is 9.59 Å². The fourth-order valence-electron chi connectivity index (χ4n) is 2.91. The van der Waals surface area contributed by atoms with Crippen molar-refractivity contribution in [2.75, 3.05) is 11.4 Å². The Kier molecular flexibility index (Phi) is 3.30. The topological polar surface area (TPSA) is 83.6 Å². The molecule has 0 spiro atoms. The van der Waals surface area contributed by atoms with Gasteiger partial charge in [-0.05, 0) is 24.3 Å². The third kappa shape index (κ3) is 2.42. The summed E-state index contributed by atoms with van der Waals surface area (Å²) in [6, 6.07) is 14.8. The highest BCUT2D eigenvalue weighted by atomic mass is 16.4. The Hall–Kier alpha value is -3.15. The van der Waals surface area contributed by atoms with E-state index >= 15 is 0 Å². The predicted octanol–water partition coefficient (Wildman–Crippen LogP) is 2.93. The third-order valence-electron chi connectivity index (χ3n) is 4.18. The first-order valence-electron chi connectivity index (χ1n) is 7.61. The molecule has 0 bridgehead atoms. The molecule has 0 aliphatic carbocycles. The second-order valence-corrected chi connectivity index (χ2v) is 5.78. The molecular formula is C18H14N2O4. The molecule has 1 aliphatic heterocycles. The van der Waals surface area contributed by atoms with Crippen molar-refractivity contribution in [3.05, 3.63) is 48.5 Å². The molecule has 0 saturated carbocycles. The van der Waals surface area contributed by atoms with Gasteiger partial charge in [0.15, 0.2) is 5.58 Å². The normalized spacial score (nSPS) is 17.6.